The zero-order valence-electron chi connectivity index (χ0n) is 19.2. The molecule has 4 aromatic rings. The van der Waals surface area contributed by atoms with E-state index in [1.807, 2.05) is 21.6 Å². The van der Waals surface area contributed by atoms with Crippen LogP contribution in [0.1, 0.15) is 59.1 Å². The molecule has 2 atom stereocenters. The summed E-state index contributed by atoms with van der Waals surface area (Å²) in [5.41, 5.74) is 8.11. The van der Waals surface area contributed by atoms with E-state index in [-0.39, 0.29) is 0 Å². The minimum atomic E-state index is 0.387. The molecule has 0 radical (unpaired) electrons. The molecule has 0 fully saturated rings. The normalized spacial score (nSPS) is 13.0. The predicted molar refractivity (Wildman–Crippen MR) is 142 cm³/mol. The van der Waals surface area contributed by atoms with Crippen LogP contribution in [0.15, 0.2) is 107 Å². The summed E-state index contributed by atoms with van der Waals surface area (Å²) in [6.45, 7) is 8.98. The molecule has 0 heterocycles. The van der Waals surface area contributed by atoms with E-state index < -0.39 is 0 Å². The Morgan fingerprint density at radius 3 is 1.22 bits per heavy atom. The van der Waals surface area contributed by atoms with Crippen LogP contribution in [-0.4, -0.2) is 0 Å². The van der Waals surface area contributed by atoms with E-state index in [1.54, 1.807) is 0 Å². The van der Waals surface area contributed by atoms with Crippen LogP contribution >= 0.6 is 21.6 Å². The van der Waals surface area contributed by atoms with Crippen molar-refractivity contribution in [3.8, 4) is 0 Å². The van der Waals surface area contributed by atoms with Crippen molar-refractivity contribution in [2.24, 2.45) is 0 Å². The molecule has 0 saturated carbocycles. The van der Waals surface area contributed by atoms with Crippen LogP contribution in [0.3, 0.4) is 0 Å². The smallest absolute Gasteiger partial charge is 0.0191 e. The van der Waals surface area contributed by atoms with Crippen molar-refractivity contribution in [3.05, 3.63) is 130 Å². The molecule has 0 aliphatic heterocycles. The van der Waals surface area contributed by atoms with E-state index in [1.165, 1.54) is 43.2 Å². The summed E-state index contributed by atoms with van der Waals surface area (Å²) in [4.78, 5) is 2.62. The van der Waals surface area contributed by atoms with Crippen molar-refractivity contribution in [3.63, 3.8) is 0 Å². The van der Waals surface area contributed by atoms with Gasteiger partial charge in [-0.05, 0) is 71.5 Å². The fourth-order valence-corrected chi connectivity index (χ4v) is 6.30. The number of hydrogen-bond acceptors (Lipinski definition) is 2. The van der Waals surface area contributed by atoms with E-state index in [0.717, 1.165) is 0 Å². The van der Waals surface area contributed by atoms with Crippen LogP contribution < -0.4 is 0 Å². The molecule has 4 aromatic carbocycles. The first-order valence-corrected chi connectivity index (χ1v) is 13.3. The molecule has 0 amide bonds. The Bertz CT molecular complexity index is 1070. The summed E-state index contributed by atoms with van der Waals surface area (Å²) in [5, 5.41) is 0. The third-order valence-electron chi connectivity index (χ3n) is 5.98. The fourth-order valence-electron chi connectivity index (χ4n) is 4.11. The molecule has 162 valence electrons. The minimum absolute atomic E-state index is 0.387. The highest BCUT2D eigenvalue weighted by atomic mass is 33.1. The first-order valence-electron chi connectivity index (χ1n) is 11.2. The van der Waals surface area contributed by atoms with Gasteiger partial charge in [-0.2, -0.15) is 0 Å². The summed E-state index contributed by atoms with van der Waals surface area (Å²) < 4.78 is 0. The Labute approximate surface area is 200 Å². The fraction of sp³-hybridized carbons (Fsp3) is 0.200. The van der Waals surface area contributed by atoms with Crippen molar-refractivity contribution in [1.82, 2.24) is 0 Å². The minimum Gasteiger partial charge on any atom is -0.0622 e. The molecular formula is C30H30S2. The van der Waals surface area contributed by atoms with Gasteiger partial charge in [0.05, 0.1) is 0 Å². The maximum Gasteiger partial charge on any atom is 0.0191 e. The maximum absolute atomic E-state index is 2.35. The summed E-state index contributed by atoms with van der Waals surface area (Å²) in [6, 6.07) is 35.5. The van der Waals surface area contributed by atoms with Gasteiger partial charge >= 0.3 is 0 Å². The second kappa shape index (κ2) is 10.5. The van der Waals surface area contributed by atoms with Gasteiger partial charge in [0.15, 0.2) is 0 Å². The molecule has 0 nitrogen and oxygen atoms in total. The zero-order chi connectivity index (χ0) is 22.5. The van der Waals surface area contributed by atoms with Gasteiger partial charge in [-0.25, -0.2) is 0 Å². The molecular weight excluding hydrogens is 424 g/mol. The Morgan fingerprint density at radius 2 is 0.844 bits per heavy atom. The Balaban J connectivity index is 1.52. The van der Waals surface area contributed by atoms with Crippen LogP contribution in [-0.2, 0) is 0 Å². The number of aryl methyl sites for hydroxylation is 2. The number of rotatable bonds is 7. The van der Waals surface area contributed by atoms with Gasteiger partial charge in [-0.3, -0.25) is 0 Å². The molecule has 4 rings (SSSR count). The lowest BCUT2D eigenvalue weighted by molar-refractivity contribution is 0.914. The molecule has 0 aliphatic carbocycles. The third-order valence-corrected chi connectivity index (χ3v) is 8.32. The predicted octanol–water partition coefficient (Wildman–Crippen LogP) is 9.41. The third kappa shape index (κ3) is 5.68. The van der Waals surface area contributed by atoms with Crippen molar-refractivity contribution in [1.29, 1.82) is 0 Å². The average Bonchev–Trinajstić information content (AvgIpc) is 2.82. The van der Waals surface area contributed by atoms with Crippen LogP contribution in [0, 0.1) is 13.8 Å². The van der Waals surface area contributed by atoms with Gasteiger partial charge in [-0.15, -0.1) is 0 Å². The highest BCUT2D eigenvalue weighted by Gasteiger charge is 2.12. The van der Waals surface area contributed by atoms with E-state index in [9.17, 15) is 0 Å². The van der Waals surface area contributed by atoms with Crippen LogP contribution in [0.5, 0.6) is 0 Å². The number of hydrogen-bond donors (Lipinski definition) is 0. The first-order chi connectivity index (χ1) is 15.5. The van der Waals surface area contributed by atoms with E-state index in [0.29, 0.717) is 11.8 Å². The largest absolute Gasteiger partial charge is 0.0622 e. The monoisotopic (exact) mass is 454 g/mol. The Morgan fingerprint density at radius 1 is 0.469 bits per heavy atom. The molecule has 2 unspecified atom stereocenters. The first kappa shape index (κ1) is 22.8. The van der Waals surface area contributed by atoms with Crippen molar-refractivity contribution in [2.45, 2.75) is 49.3 Å². The molecule has 0 aliphatic rings. The summed E-state index contributed by atoms with van der Waals surface area (Å²) in [6.07, 6.45) is 0. The molecule has 0 bridgehead atoms. The van der Waals surface area contributed by atoms with Gasteiger partial charge < -0.3 is 0 Å². The van der Waals surface area contributed by atoms with Crippen LogP contribution in [0.2, 0.25) is 0 Å². The molecule has 0 saturated heterocycles. The van der Waals surface area contributed by atoms with E-state index >= 15 is 0 Å². The van der Waals surface area contributed by atoms with Gasteiger partial charge in [0.2, 0.25) is 0 Å². The molecule has 0 spiro atoms. The van der Waals surface area contributed by atoms with E-state index in [2.05, 4.69) is 125 Å². The van der Waals surface area contributed by atoms with Gasteiger partial charge in [-0.1, -0.05) is 108 Å². The van der Waals surface area contributed by atoms with Gasteiger partial charge in [0.25, 0.3) is 0 Å². The van der Waals surface area contributed by atoms with E-state index in [4.69, 9.17) is 0 Å². The second-order valence-electron chi connectivity index (χ2n) is 8.59. The molecule has 0 N–H and O–H groups in total. The zero-order valence-corrected chi connectivity index (χ0v) is 20.8. The second-order valence-corrected chi connectivity index (χ2v) is 10.9. The quantitative estimate of drug-likeness (QED) is 0.255. The lowest BCUT2D eigenvalue weighted by Crippen LogP contribution is -1.97. The SMILES string of the molecule is Cc1cc(SSc2cc(C)cc(C(C)c3ccccc3)c2)cc(C(C)c2ccccc2)c1. The maximum atomic E-state index is 2.35. The molecule has 0 aromatic heterocycles. The van der Waals surface area contributed by atoms with Crippen molar-refractivity contribution in [2.75, 3.05) is 0 Å². The summed E-state index contributed by atoms with van der Waals surface area (Å²) in [5.74, 6) is 0.774. The highest BCUT2D eigenvalue weighted by Crippen LogP contribution is 2.41. The number of benzene rings is 4. The lowest BCUT2D eigenvalue weighted by Gasteiger charge is -2.16. The molecule has 32 heavy (non-hydrogen) atoms. The van der Waals surface area contributed by atoms with Crippen molar-refractivity contribution < 1.29 is 0 Å². The summed E-state index contributed by atoms with van der Waals surface area (Å²) in [7, 11) is 3.71. The van der Waals surface area contributed by atoms with Crippen LogP contribution in [0.4, 0.5) is 0 Å². The van der Waals surface area contributed by atoms with Crippen molar-refractivity contribution >= 4 is 21.6 Å². The van der Waals surface area contributed by atoms with Gasteiger partial charge in [0, 0.05) is 21.6 Å². The Kier molecular flexibility index (Phi) is 7.44. The van der Waals surface area contributed by atoms with Crippen LogP contribution in [0.25, 0.3) is 0 Å². The highest BCUT2D eigenvalue weighted by molar-refractivity contribution is 8.76. The average molecular weight is 455 g/mol. The Hall–Kier alpha value is -2.42. The topological polar surface area (TPSA) is 0 Å². The standard InChI is InChI=1S/C30H30S2/c1-21-15-27(23(3)25-11-7-5-8-12-25)19-29(17-21)31-32-30-18-22(2)16-28(20-30)24(4)26-13-9-6-10-14-26/h5-20,23-24H,1-4H3. The lowest BCUT2D eigenvalue weighted by atomic mass is 9.92. The molecule has 2 heteroatoms. The van der Waals surface area contributed by atoms with Gasteiger partial charge in [0.1, 0.15) is 0 Å². The summed E-state index contributed by atoms with van der Waals surface area (Å²) >= 11 is 0.